The number of hydrogen-bond donors (Lipinski definition) is 4. The molecule has 106 valence electrons. The molecule has 19 heavy (non-hydrogen) atoms. The molecule has 0 radical (unpaired) electrons. The van der Waals surface area contributed by atoms with Gasteiger partial charge in [0.05, 0.1) is 0 Å². The third-order valence-corrected chi connectivity index (χ3v) is 4.30. The summed E-state index contributed by atoms with van der Waals surface area (Å²) < 4.78 is 24.7. The molecule has 0 spiro atoms. The van der Waals surface area contributed by atoms with E-state index in [0.717, 1.165) is 0 Å². The Kier molecular flexibility index (Phi) is 4.88. The molecule has 0 aliphatic heterocycles. The van der Waals surface area contributed by atoms with Crippen LogP contribution in [0.4, 0.5) is 5.13 Å². The van der Waals surface area contributed by atoms with Crippen LogP contribution in [-0.4, -0.2) is 53.4 Å². The first kappa shape index (κ1) is 15.4. The van der Waals surface area contributed by atoms with Gasteiger partial charge in [0.1, 0.15) is 0 Å². The number of rotatable bonds is 6. The van der Waals surface area contributed by atoms with E-state index >= 15 is 0 Å². The highest BCUT2D eigenvalue weighted by molar-refractivity contribution is 7.91. The van der Waals surface area contributed by atoms with Crippen LogP contribution in [0.25, 0.3) is 0 Å². The fraction of sp³-hybridized carbons (Fsp3) is 0.429. The Balaban J connectivity index is 2.75. The fourth-order valence-electron chi connectivity index (χ4n) is 0.857. The minimum absolute atomic E-state index is 0.00772. The molecular weight excluding hydrogens is 300 g/mol. The molecule has 0 saturated carbocycles. The summed E-state index contributed by atoms with van der Waals surface area (Å²) in [5.41, 5.74) is 0. The van der Waals surface area contributed by atoms with Gasteiger partial charge >= 0.3 is 5.97 Å². The van der Waals surface area contributed by atoms with Gasteiger partial charge < -0.3 is 15.5 Å². The highest BCUT2D eigenvalue weighted by Gasteiger charge is 2.23. The maximum atomic E-state index is 11.6. The van der Waals surface area contributed by atoms with Crippen molar-refractivity contribution in [2.24, 2.45) is 0 Å². The van der Waals surface area contributed by atoms with Crippen LogP contribution in [0.15, 0.2) is 4.34 Å². The van der Waals surface area contributed by atoms with Gasteiger partial charge in [0.15, 0.2) is 6.10 Å². The van der Waals surface area contributed by atoms with E-state index in [1.54, 1.807) is 0 Å². The number of carbonyl (C=O) groups is 2. The van der Waals surface area contributed by atoms with Crippen molar-refractivity contribution in [3.8, 4) is 0 Å². The van der Waals surface area contributed by atoms with Crippen LogP contribution in [0.3, 0.4) is 0 Å². The molecule has 1 aromatic rings. The largest absolute Gasteiger partial charge is 0.479 e. The maximum Gasteiger partial charge on any atom is 0.333 e. The van der Waals surface area contributed by atoms with Crippen molar-refractivity contribution in [3.05, 3.63) is 0 Å². The smallest absolute Gasteiger partial charge is 0.333 e. The van der Waals surface area contributed by atoms with E-state index < -0.39 is 38.9 Å². The van der Waals surface area contributed by atoms with Crippen LogP contribution in [0.5, 0.6) is 0 Å². The van der Waals surface area contributed by atoms with Gasteiger partial charge in [0, 0.05) is 13.5 Å². The Morgan fingerprint density at radius 2 is 2.05 bits per heavy atom. The second-order valence-corrected chi connectivity index (χ2v) is 6.18. The topological polar surface area (TPSA) is 159 Å². The van der Waals surface area contributed by atoms with E-state index in [1.165, 1.54) is 6.92 Å². The van der Waals surface area contributed by atoms with Crippen molar-refractivity contribution in [1.82, 2.24) is 14.9 Å². The minimum Gasteiger partial charge on any atom is -0.479 e. The number of carbonyl (C=O) groups excluding carboxylic acids is 1. The Morgan fingerprint density at radius 3 is 2.58 bits per heavy atom. The van der Waals surface area contributed by atoms with Crippen LogP contribution < -0.4 is 10.0 Å². The van der Waals surface area contributed by atoms with Gasteiger partial charge in [-0.25, -0.2) is 17.9 Å². The van der Waals surface area contributed by atoms with Gasteiger partial charge in [-0.05, 0) is 0 Å². The van der Waals surface area contributed by atoms with Gasteiger partial charge in [-0.15, -0.1) is 10.2 Å². The number of carboxylic acids is 1. The summed E-state index contributed by atoms with van der Waals surface area (Å²) in [7, 11) is -4.08. The average Bonchev–Trinajstić information content (AvgIpc) is 2.74. The van der Waals surface area contributed by atoms with E-state index in [4.69, 9.17) is 10.2 Å². The number of aliphatic hydroxyl groups excluding tert-OH is 1. The zero-order valence-electron chi connectivity index (χ0n) is 9.52. The molecule has 0 aliphatic rings. The van der Waals surface area contributed by atoms with E-state index in [-0.39, 0.29) is 5.13 Å². The highest BCUT2D eigenvalue weighted by Crippen LogP contribution is 2.19. The van der Waals surface area contributed by atoms with E-state index in [9.17, 15) is 18.0 Å². The lowest BCUT2D eigenvalue weighted by molar-refractivity contribution is -0.146. The standard InChI is InChI=1S/C7H10N4O6S2/c1-3(12)9-6-10-11-7(18-6)19(16,17)8-2-4(13)5(14)15/h4,8,13H,2H2,1H3,(H,14,15)(H,9,10,12). The summed E-state index contributed by atoms with van der Waals surface area (Å²) in [4.78, 5) is 21.0. The Morgan fingerprint density at radius 1 is 1.42 bits per heavy atom. The number of aromatic nitrogens is 2. The van der Waals surface area contributed by atoms with E-state index in [0.29, 0.717) is 11.3 Å². The Bertz CT molecular complexity index is 582. The highest BCUT2D eigenvalue weighted by atomic mass is 32.2. The third kappa shape index (κ3) is 4.51. The van der Waals surface area contributed by atoms with Crippen LogP contribution in [-0.2, 0) is 19.6 Å². The first-order chi connectivity index (χ1) is 8.72. The SMILES string of the molecule is CC(=O)Nc1nnc(S(=O)(=O)NCC(O)C(=O)O)s1. The lowest BCUT2D eigenvalue weighted by Crippen LogP contribution is -2.36. The molecule has 1 atom stereocenters. The summed E-state index contributed by atoms with van der Waals surface area (Å²) in [6.07, 6.45) is -1.86. The third-order valence-electron chi connectivity index (χ3n) is 1.67. The van der Waals surface area contributed by atoms with Gasteiger partial charge in [0.25, 0.3) is 10.0 Å². The van der Waals surface area contributed by atoms with E-state index in [1.807, 2.05) is 4.72 Å². The molecule has 1 aromatic heterocycles. The van der Waals surface area contributed by atoms with Crippen molar-refractivity contribution < 1.29 is 28.2 Å². The van der Waals surface area contributed by atoms with Gasteiger partial charge in [-0.2, -0.15) is 0 Å². The van der Waals surface area contributed by atoms with Crippen LogP contribution in [0, 0.1) is 0 Å². The fourth-order valence-corrected chi connectivity index (χ4v) is 2.88. The normalized spacial score (nSPS) is 12.9. The average molecular weight is 310 g/mol. The van der Waals surface area contributed by atoms with E-state index in [2.05, 4.69) is 15.5 Å². The number of anilines is 1. The Hall–Kier alpha value is -1.63. The van der Waals surface area contributed by atoms with Crippen LogP contribution in [0.2, 0.25) is 0 Å². The molecule has 1 amide bonds. The number of amides is 1. The molecular formula is C7H10N4O6S2. The quantitative estimate of drug-likeness (QED) is 0.449. The predicted molar refractivity (Wildman–Crippen MR) is 63.0 cm³/mol. The van der Waals surface area contributed by atoms with Crippen molar-refractivity contribution in [3.63, 3.8) is 0 Å². The van der Waals surface area contributed by atoms with Crippen LogP contribution in [0.1, 0.15) is 6.92 Å². The molecule has 1 unspecified atom stereocenters. The Labute approximate surface area is 111 Å². The zero-order chi connectivity index (χ0) is 14.6. The van der Waals surface area contributed by atoms with Crippen LogP contribution >= 0.6 is 11.3 Å². The monoisotopic (exact) mass is 310 g/mol. The summed E-state index contributed by atoms with van der Waals surface area (Å²) in [6, 6.07) is 0. The maximum absolute atomic E-state index is 11.6. The number of carboxylic acid groups (broad SMARTS) is 1. The van der Waals surface area contributed by atoms with Gasteiger partial charge in [-0.3, -0.25) is 4.79 Å². The number of nitrogens with one attached hydrogen (secondary N) is 2. The molecule has 0 saturated heterocycles. The number of aliphatic carboxylic acids is 1. The lowest BCUT2D eigenvalue weighted by Gasteiger charge is -2.05. The molecule has 4 N–H and O–H groups in total. The molecule has 0 aliphatic carbocycles. The van der Waals surface area contributed by atoms with Gasteiger partial charge in [-0.1, -0.05) is 11.3 Å². The summed E-state index contributed by atoms with van der Waals surface area (Å²) in [5, 5.41) is 26.3. The molecule has 0 aromatic carbocycles. The molecule has 0 fully saturated rings. The summed E-state index contributed by atoms with van der Waals surface area (Å²) in [6.45, 7) is 0.518. The van der Waals surface area contributed by atoms with Gasteiger partial charge in [0.2, 0.25) is 15.4 Å². The molecule has 0 bridgehead atoms. The number of nitrogens with zero attached hydrogens (tertiary/aromatic N) is 2. The first-order valence-electron chi connectivity index (χ1n) is 4.74. The van der Waals surface area contributed by atoms with Crippen molar-refractivity contribution >= 4 is 38.4 Å². The first-order valence-corrected chi connectivity index (χ1v) is 7.04. The molecule has 1 rings (SSSR count). The second kappa shape index (κ2) is 6.01. The van der Waals surface area contributed by atoms with Crippen molar-refractivity contribution in [2.75, 3.05) is 11.9 Å². The van der Waals surface area contributed by atoms with Crippen molar-refractivity contribution in [2.45, 2.75) is 17.4 Å². The van der Waals surface area contributed by atoms with Crippen molar-refractivity contribution in [1.29, 1.82) is 0 Å². The summed E-state index contributed by atoms with van der Waals surface area (Å²) >= 11 is 0.595. The number of hydrogen-bond acceptors (Lipinski definition) is 8. The zero-order valence-corrected chi connectivity index (χ0v) is 11.2. The second-order valence-electron chi connectivity index (χ2n) is 3.26. The molecule has 10 nitrogen and oxygen atoms in total. The summed E-state index contributed by atoms with van der Waals surface area (Å²) in [5.74, 6) is -1.99. The molecule has 12 heteroatoms. The number of sulfonamides is 1. The molecule has 1 heterocycles. The minimum atomic E-state index is -4.08. The number of aliphatic hydroxyl groups is 1. The predicted octanol–water partition coefficient (Wildman–Crippen LogP) is -1.78. The lowest BCUT2D eigenvalue weighted by atomic mass is 10.4.